The molecule has 108 valence electrons. The molecule has 2 N–H and O–H groups in total. The van der Waals surface area contributed by atoms with Crippen molar-refractivity contribution in [3.8, 4) is 0 Å². The molecule has 0 bridgehead atoms. The molecule has 20 heavy (non-hydrogen) atoms. The molecule has 0 spiro atoms. The minimum atomic E-state index is -1.40. The van der Waals surface area contributed by atoms with Crippen LogP contribution in [0.4, 0.5) is 23.7 Å². The Balaban J connectivity index is 1.95. The Bertz CT molecular complexity index is 559. The number of benzene rings is 1. The molecule has 1 saturated heterocycles. The molecule has 0 unspecified atom stereocenters. The van der Waals surface area contributed by atoms with Crippen molar-refractivity contribution < 1.29 is 27.9 Å². The van der Waals surface area contributed by atoms with Gasteiger partial charge in [0.25, 0.3) is 0 Å². The van der Waals surface area contributed by atoms with Gasteiger partial charge in [0.05, 0.1) is 12.1 Å². The second-order valence-electron chi connectivity index (χ2n) is 4.55. The van der Waals surface area contributed by atoms with Crippen molar-refractivity contribution >= 4 is 17.7 Å². The van der Waals surface area contributed by atoms with Gasteiger partial charge in [0.1, 0.15) is 5.82 Å². The second kappa shape index (κ2) is 5.40. The highest BCUT2D eigenvalue weighted by Crippen LogP contribution is 2.23. The monoisotopic (exact) mass is 288 g/mol. The third kappa shape index (κ3) is 3.01. The van der Waals surface area contributed by atoms with Crippen LogP contribution in [0.1, 0.15) is 6.42 Å². The van der Waals surface area contributed by atoms with E-state index in [0.717, 1.165) is 0 Å². The first-order valence-corrected chi connectivity index (χ1v) is 5.79. The zero-order valence-electron chi connectivity index (χ0n) is 10.2. The van der Waals surface area contributed by atoms with E-state index in [1.807, 2.05) is 0 Å². The molecule has 1 aromatic carbocycles. The molecule has 1 aliphatic rings. The highest BCUT2D eigenvalue weighted by atomic mass is 19.2. The molecule has 0 atom stereocenters. The van der Waals surface area contributed by atoms with E-state index < -0.39 is 35.1 Å². The number of aliphatic carboxylic acids is 1. The van der Waals surface area contributed by atoms with E-state index in [2.05, 4.69) is 5.32 Å². The van der Waals surface area contributed by atoms with Gasteiger partial charge in [0.15, 0.2) is 11.6 Å². The zero-order valence-corrected chi connectivity index (χ0v) is 10.2. The summed E-state index contributed by atoms with van der Waals surface area (Å²) in [5, 5.41) is 10.6. The van der Waals surface area contributed by atoms with Crippen molar-refractivity contribution in [3.63, 3.8) is 0 Å². The van der Waals surface area contributed by atoms with Crippen molar-refractivity contribution in [2.24, 2.45) is 5.92 Å². The molecule has 5 nitrogen and oxygen atoms in total. The molecule has 0 saturated carbocycles. The first kappa shape index (κ1) is 14.2. The number of hydrogen-bond acceptors (Lipinski definition) is 2. The molecule has 1 aromatic rings. The Morgan fingerprint density at radius 2 is 1.95 bits per heavy atom. The standard InChI is InChI=1S/C12H11F3N2O3/c13-7-2-8(14)11(15)9(3-7)16-12(20)17-4-6(5-17)1-10(18)19/h2-3,6H,1,4-5H2,(H,16,20)(H,18,19). The van der Waals surface area contributed by atoms with Crippen LogP contribution in [0, 0.1) is 23.4 Å². The Kier molecular flexibility index (Phi) is 3.82. The van der Waals surface area contributed by atoms with E-state index in [1.165, 1.54) is 4.90 Å². The van der Waals surface area contributed by atoms with Crippen molar-refractivity contribution in [1.82, 2.24) is 4.90 Å². The second-order valence-corrected chi connectivity index (χ2v) is 4.55. The number of carboxylic acids is 1. The van der Waals surface area contributed by atoms with Crippen LogP contribution < -0.4 is 5.32 Å². The minimum Gasteiger partial charge on any atom is -0.481 e. The summed E-state index contributed by atoms with van der Waals surface area (Å²) in [7, 11) is 0. The zero-order chi connectivity index (χ0) is 14.9. The van der Waals surface area contributed by atoms with Crippen LogP contribution in [-0.2, 0) is 4.79 Å². The van der Waals surface area contributed by atoms with E-state index in [-0.39, 0.29) is 25.4 Å². The molecule has 2 amide bonds. The Morgan fingerprint density at radius 1 is 1.30 bits per heavy atom. The summed E-state index contributed by atoms with van der Waals surface area (Å²) in [6.07, 6.45) is -0.0628. The lowest BCUT2D eigenvalue weighted by molar-refractivity contribution is -0.139. The average molecular weight is 288 g/mol. The Labute approximate surface area is 112 Å². The van der Waals surface area contributed by atoms with Crippen molar-refractivity contribution in [3.05, 3.63) is 29.6 Å². The van der Waals surface area contributed by atoms with Crippen LogP contribution in [-0.4, -0.2) is 35.1 Å². The fourth-order valence-electron chi connectivity index (χ4n) is 1.95. The molecule has 0 radical (unpaired) electrons. The molecule has 2 rings (SSSR count). The van der Waals surface area contributed by atoms with Crippen molar-refractivity contribution in [1.29, 1.82) is 0 Å². The molecule has 0 aliphatic carbocycles. The van der Waals surface area contributed by atoms with Crippen molar-refractivity contribution in [2.45, 2.75) is 6.42 Å². The van der Waals surface area contributed by atoms with Gasteiger partial charge in [-0.2, -0.15) is 0 Å². The summed E-state index contributed by atoms with van der Waals surface area (Å²) in [5.41, 5.74) is -0.589. The van der Waals surface area contributed by atoms with Crippen LogP contribution in [0.5, 0.6) is 0 Å². The van der Waals surface area contributed by atoms with Crippen LogP contribution in [0.2, 0.25) is 0 Å². The van der Waals surface area contributed by atoms with E-state index in [9.17, 15) is 22.8 Å². The maximum absolute atomic E-state index is 13.3. The third-order valence-corrected chi connectivity index (χ3v) is 2.94. The number of amides is 2. The first-order valence-electron chi connectivity index (χ1n) is 5.79. The largest absolute Gasteiger partial charge is 0.481 e. The molecule has 8 heteroatoms. The van der Waals surface area contributed by atoms with Gasteiger partial charge in [-0.15, -0.1) is 0 Å². The SMILES string of the molecule is O=C(O)CC1CN(C(=O)Nc2cc(F)cc(F)c2F)C1. The quantitative estimate of drug-likeness (QED) is 0.836. The maximum atomic E-state index is 13.3. The lowest BCUT2D eigenvalue weighted by Gasteiger charge is -2.38. The van der Waals surface area contributed by atoms with Crippen LogP contribution in [0.25, 0.3) is 0 Å². The predicted molar refractivity (Wildman–Crippen MR) is 62.7 cm³/mol. The Morgan fingerprint density at radius 3 is 2.55 bits per heavy atom. The van der Waals surface area contributed by atoms with E-state index in [4.69, 9.17) is 5.11 Å². The number of rotatable bonds is 3. The van der Waals surface area contributed by atoms with Gasteiger partial charge in [-0.3, -0.25) is 4.79 Å². The van der Waals surface area contributed by atoms with Gasteiger partial charge in [0, 0.05) is 31.1 Å². The normalized spacial score (nSPS) is 14.8. The van der Waals surface area contributed by atoms with Gasteiger partial charge in [-0.05, 0) is 0 Å². The third-order valence-electron chi connectivity index (χ3n) is 2.94. The number of anilines is 1. The number of urea groups is 1. The smallest absolute Gasteiger partial charge is 0.321 e. The number of carbonyl (C=O) groups is 2. The minimum absolute atomic E-state index is 0.0628. The predicted octanol–water partition coefficient (Wildman–Crippen LogP) is 2.04. The van der Waals surface area contributed by atoms with E-state index in [0.29, 0.717) is 12.1 Å². The van der Waals surface area contributed by atoms with Crippen LogP contribution in [0.3, 0.4) is 0 Å². The fourth-order valence-corrected chi connectivity index (χ4v) is 1.95. The maximum Gasteiger partial charge on any atom is 0.321 e. The number of carbonyl (C=O) groups excluding carboxylic acids is 1. The highest BCUT2D eigenvalue weighted by Gasteiger charge is 2.32. The molecular formula is C12H11F3N2O3. The highest BCUT2D eigenvalue weighted by molar-refractivity contribution is 5.90. The van der Waals surface area contributed by atoms with Crippen LogP contribution >= 0.6 is 0 Å². The van der Waals surface area contributed by atoms with E-state index >= 15 is 0 Å². The van der Waals surface area contributed by atoms with Gasteiger partial charge < -0.3 is 15.3 Å². The fraction of sp³-hybridized carbons (Fsp3) is 0.333. The number of nitrogens with one attached hydrogen (secondary N) is 1. The van der Waals surface area contributed by atoms with Gasteiger partial charge >= 0.3 is 12.0 Å². The number of carboxylic acid groups (broad SMARTS) is 1. The van der Waals surface area contributed by atoms with Crippen LogP contribution in [0.15, 0.2) is 12.1 Å². The molecule has 1 aliphatic heterocycles. The van der Waals surface area contributed by atoms with Gasteiger partial charge in [0.2, 0.25) is 0 Å². The summed E-state index contributed by atoms with van der Waals surface area (Å²) < 4.78 is 39.2. The first-order chi connectivity index (χ1) is 9.36. The number of likely N-dealkylation sites (tertiary alicyclic amines) is 1. The summed E-state index contributed by atoms with van der Waals surface area (Å²) in [5.74, 6) is -4.87. The summed E-state index contributed by atoms with van der Waals surface area (Å²) in [6.45, 7) is 0.412. The number of nitrogens with zero attached hydrogens (tertiary/aromatic N) is 1. The molecule has 0 aromatic heterocycles. The summed E-state index contributed by atoms with van der Waals surface area (Å²) >= 11 is 0. The summed E-state index contributed by atoms with van der Waals surface area (Å²) in [4.78, 5) is 23.3. The Hall–Kier alpha value is -2.25. The number of hydrogen-bond donors (Lipinski definition) is 2. The molecule has 1 fully saturated rings. The average Bonchev–Trinajstić information content (AvgIpc) is 2.29. The molecule has 1 heterocycles. The lowest BCUT2D eigenvalue weighted by atomic mass is 9.97. The molecular weight excluding hydrogens is 277 g/mol. The lowest BCUT2D eigenvalue weighted by Crippen LogP contribution is -2.52. The van der Waals surface area contributed by atoms with E-state index in [1.54, 1.807) is 0 Å². The van der Waals surface area contributed by atoms with Gasteiger partial charge in [-0.25, -0.2) is 18.0 Å². The summed E-state index contributed by atoms with van der Waals surface area (Å²) in [6, 6.07) is 0.318. The number of halogens is 3. The van der Waals surface area contributed by atoms with Gasteiger partial charge in [-0.1, -0.05) is 0 Å². The topological polar surface area (TPSA) is 69.6 Å². The van der Waals surface area contributed by atoms with Crippen molar-refractivity contribution in [2.75, 3.05) is 18.4 Å².